The number of urea groups is 2. The van der Waals surface area contributed by atoms with E-state index in [4.69, 9.17) is 0 Å². The second-order valence-corrected chi connectivity index (χ2v) is 8.25. The first-order valence-electron chi connectivity index (χ1n) is 8.12. The van der Waals surface area contributed by atoms with Crippen LogP contribution >= 0.6 is 0 Å². The summed E-state index contributed by atoms with van der Waals surface area (Å²) >= 11 is 0. The molecule has 22 heavy (non-hydrogen) atoms. The maximum atomic E-state index is 11.8. The van der Waals surface area contributed by atoms with Gasteiger partial charge in [0.15, 0.2) is 0 Å². The van der Waals surface area contributed by atoms with E-state index in [2.05, 4.69) is 21.3 Å². The Kier molecular flexibility index (Phi) is 6.08. The van der Waals surface area contributed by atoms with Crippen LogP contribution in [0.4, 0.5) is 9.59 Å². The molecule has 6 heteroatoms. The molecule has 0 bridgehead atoms. The fraction of sp³-hybridized carbons (Fsp3) is 0.875. The van der Waals surface area contributed by atoms with Gasteiger partial charge in [-0.25, -0.2) is 9.59 Å². The highest BCUT2D eigenvalue weighted by Crippen LogP contribution is 2.18. The van der Waals surface area contributed by atoms with E-state index in [0.29, 0.717) is 0 Å². The highest BCUT2D eigenvalue weighted by atomic mass is 16.2. The Morgan fingerprint density at radius 3 is 1.18 bits per heavy atom. The van der Waals surface area contributed by atoms with Gasteiger partial charge in [0.25, 0.3) is 0 Å². The van der Waals surface area contributed by atoms with Gasteiger partial charge in [-0.05, 0) is 67.2 Å². The predicted molar refractivity (Wildman–Crippen MR) is 88.9 cm³/mol. The predicted octanol–water partition coefficient (Wildman–Crippen LogP) is 2.49. The molecule has 1 aliphatic carbocycles. The average molecular weight is 312 g/mol. The lowest BCUT2D eigenvalue weighted by Crippen LogP contribution is -2.53. The van der Waals surface area contributed by atoms with Crippen LogP contribution in [0.25, 0.3) is 0 Å². The van der Waals surface area contributed by atoms with Gasteiger partial charge in [0.05, 0.1) is 0 Å². The molecule has 1 fully saturated rings. The van der Waals surface area contributed by atoms with E-state index < -0.39 is 0 Å². The summed E-state index contributed by atoms with van der Waals surface area (Å²) in [6.07, 6.45) is 3.55. The molecule has 0 aromatic rings. The Morgan fingerprint density at radius 1 is 0.682 bits per heavy atom. The van der Waals surface area contributed by atoms with E-state index in [0.717, 1.165) is 25.7 Å². The summed E-state index contributed by atoms with van der Waals surface area (Å²) in [4.78, 5) is 23.7. The Hall–Kier alpha value is -1.46. The minimum Gasteiger partial charge on any atom is -0.335 e. The number of carbonyl (C=O) groups is 2. The molecule has 0 atom stereocenters. The monoisotopic (exact) mass is 312 g/mol. The topological polar surface area (TPSA) is 82.3 Å². The first kappa shape index (κ1) is 18.6. The molecule has 1 saturated carbocycles. The number of hydrogen-bond acceptors (Lipinski definition) is 2. The van der Waals surface area contributed by atoms with Crippen molar-refractivity contribution in [3.05, 3.63) is 0 Å². The van der Waals surface area contributed by atoms with Crippen molar-refractivity contribution in [1.82, 2.24) is 21.3 Å². The van der Waals surface area contributed by atoms with Crippen molar-refractivity contribution in [2.24, 2.45) is 0 Å². The summed E-state index contributed by atoms with van der Waals surface area (Å²) < 4.78 is 0. The summed E-state index contributed by atoms with van der Waals surface area (Å²) in [6.45, 7) is 11.8. The minimum absolute atomic E-state index is 0.116. The molecule has 128 valence electrons. The van der Waals surface area contributed by atoms with E-state index >= 15 is 0 Å². The average Bonchev–Trinajstić information content (AvgIpc) is 2.26. The largest absolute Gasteiger partial charge is 0.335 e. The van der Waals surface area contributed by atoms with Gasteiger partial charge in [-0.2, -0.15) is 0 Å². The SMILES string of the molecule is CC(C)(C)NC(=O)N[C@H]1CC[C@H](NC(=O)NC(C)(C)C)CC1. The van der Waals surface area contributed by atoms with Crippen LogP contribution in [0.2, 0.25) is 0 Å². The molecular weight excluding hydrogens is 280 g/mol. The quantitative estimate of drug-likeness (QED) is 0.632. The molecule has 4 amide bonds. The van der Waals surface area contributed by atoms with Gasteiger partial charge in [-0.1, -0.05) is 0 Å². The normalized spacial score (nSPS) is 22.6. The molecule has 4 N–H and O–H groups in total. The second-order valence-electron chi connectivity index (χ2n) is 8.25. The van der Waals surface area contributed by atoms with Crippen LogP contribution in [0.5, 0.6) is 0 Å². The van der Waals surface area contributed by atoms with Crippen LogP contribution in [0.1, 0.15) is 67.2 Å². The van der Waals surface area contributed by atoms with E-state index in [-0.39, 0.29) is 35.2 Å². The third-order valence-corrected chi connectivity index (χ3v) is 3.37. The van der Waals surface area contributed by atoms with Gasteiger partial charge < -0.3 is 21.3 Å². The number of rotatable bonds is 2. The third kappa shape index (κ3) is 8.10. The van der Waals surface area contributed by atoms with Gasteiger partial charge >= 0.3 is 12.1 Å². The molecule has 0 aromatic carbocycles. The molecule has 1 rings (SSSR count). The zero-order chi connectivity index (χ0) is 17.0. The lowest BCUT2D eigenvalue weighted by molar-refractivity contribution is 0.213. The van der Waals surface area contributed by atoms with Crippen molar-refractivity contribution in [2.75, 3.05) is 0 Å². The highest BCUT2D eigenvalue weighted by molar-refractivity contribution is 5.75. The number of hydrogen-bond donors (Lipinski definition) is 4. The van der Waals surface area contributed by atoms with E-state index in [9.17, 15) is 9.59 Å². The molecule has 0 saturated heterocycles. The minimum atomic E-state index is -0.228. The molecule has 0 aromatic heterocycles. The van der Waals surface area contributed by atoms with Gasteiger partial charge in [0.1, 0.15) is 0 Å². The lowest BCUT2D eigenvalue weighted by Gasteiger charge is -2.31. The van der Waals surface area contributed by atoms with Crippen molar-refractivity contribution in [1.29, 1.82) is 0 Å². The fourth-order valence-corrected chi connectivity index (χ4v) is 2.51. The first-order chi connectivity index (χ1) is 9.94. The van der Waals surface area contributed by atoms with Crippen molar-refractivity contribution in [2.45, 2.75) is 90.4 Å². The maximum absolute atomic E-state index is 11.8. The lowest BCUT2D eigenvalue weighted by atomic mass is 9.91. The summed E-state index contributed by atoms with van der Waals surface area (Å²) in [5.41, 5.74) is -0.457. The molecule has 0 spiro atoms. The Bertz CT molecular complexity index is 350. The standard InChI is InChI=1S/C16H32N4O2/c1-15(2,3)19-13(21)17-11-7-9-12(10-8-11)18-14(22)20-16(4,5)6/h11-12H,7-10H2,1-6H3,(H2,17,19,21)(H2,18,20,22)/t11-,12-. The Morgan fingerprint density at radius 2 is 0.955 bits per heavy atom. The van der Waals surface area contributed by atoms with Crippen molar-refractivity contribution in [3.63, 3.8) is 0 Å². The van der Waals surface area contributed by atoms with Crippen LogP contribution in [-0.2, 0) is 0 Å². The zero-order valence-electron chi connectivity index (χ0n) is 14.8. The number of nitrogens with one attached hydrogen (secondary N) is 4. The smallest absolute Gasteiger partial charge is 0.315 e. The van der Waals surface area contributed by atoms with Gasteiger partial charge in [0.2, 0.25) is 0 Å². The summed E-state index contributed by atoms with van der Waals surface area (Å²) in [5.74, 6) is 0. The summed E-state index contributed by atoms with van der Waals surface area (Å²) in [5, 5.41) is 11.8. The Labute approximate surface area is 134 Å². The molecule has 0 heterocycles. The van der Waals surface area contributed by atoms with Crippen LogP contribution in [0.15, 0.2) is 0 Å². The maximum Gasteiger partial charge on any atom is 0.315 e. The van der Waals surface area contributed by atoms with Crippen molar-refractivity contribution < 1.29 is 9.59 Å². The molecular formula is C16H32N4O2. The van der Waals surface area contributed by atoms with Gasteiger partial charge in [0, 0.05) is 23.2 Å². The van der Waals surface area contributed by atoms with Crippen LogP contribution in [-0.4, -0.2) is 35.2 Å². The zero-order valence-corrected chi connectivity index (χ0v) is 14.8. The van der Waals surface area contributed by atoms with Crippen LogP contribution in [0.3, 0.4) is 0 Å². The molecule has 1 aliphatic rings. The number of carbonyl (C=O) groups excluding carboxylic acids is 2. The molecule has 6 nitrogen and oxygen atoms in total. The second kappa shape index (κ2) is 7.20. The highest BCUT2D eigenvalue weighted by Gasteiger charge is 2.25. The van der Waals surface area contributed by atoms with Gasteiger partial charge in [-0.3, -0.25) is 0 Å². The third-order valence-electron chi connectivity index (χ3n) is 3.37. The van der Waals surface area contributed by atoms with Crippen molar-refractivity contribution in [3.8, 4) is 0 Å². The van der Waals surface area contributed by atoms with E-state index in [1.807, 2.05) is 41.5 Å². The van der Waals surface area contributed by atoms with Crippen LogP contribution in [0, 0.1) is 0 Å². The molecule has 0 unspecified atom stereocenters. The van der Waals surface area contributed by atoms with E-state index in [1.54, 1.807) is 0 Å². The molecule has 0 radical (unpaired) electrons. The summed E-state index contributed by atoms with van der Waals surface area (Å²) in [6, 6.07) is 0.140. The fourth-order valence-electron chi connectivity index (χ4n) is 2.51. The first-order valence-corrected chi connectivity index (χ1v) is 8.12. The number of amides is 4. The van der Waals surface area contributed by atoms with E-state index in [1.165, 1.54) is 0 Å². The summed E-state index contributed by atoms with van der Waals surface area (Å²) in [7, 11) is 0. The van der Waals surface area contributed by atoms with Crippen LogP contribution < -0.4 is 21.3 Å². The Balaban J connectivity index is 2.29. The molecule has 0 aliphatic heterocycles. The van der Waals surface area contributed by atoms with Crippen molar-refractivity contribution >= 4 is 12.1 Å². The van der Waals surface area contributed by atoms with Gasteiger partial charge in [-0.15, -0.1) is 0 Å².